The van der Waals surface area contributed by atoms with Crippen molar-refractivity contribution < 1.29 is 14.3 Å². The minimum Gasteiger partial charge on any atom is -0.478 e. The molecule has 0 bridgehead atoms. The first-order valence-corrected chi connectivity index (χ1v) is 14.0. The van der Waals surface area contributed by atoms with E-state index in [9.17, 15) is 4.79 Å². The first-order valence-electron chi connectivity index (χ1n) is 13.1. The van der Waals surface area contributed by atoms with E-state index in [2.05, 4.69) is 68.4 Å². The molecule has 4 aromatic carbocycles. The molecule has 0 saturated heterocycles. The third-order valence-electron chi connectivity index (χ3n) is 7.03. The average Bonchev–Trinajstić information content (AvgIpc) is 3.26. The smallest absolute Gasteiger partial charge is 0.347 e. The molecule has 1 aromatic heterocycles. The third kappa shape index (κ3) is 6.30. The van der Waals surface area contributed by atoms with Crippen LogP contribution in [0.2, 0.25) is 0 Å². The first kappa shape index (κ1) is 26.5. The lowest BCUT2D eigenvalue weighted by Crippen LogP contribution is -2.30. The van der Waals surface area contributed by atoms with Gasteiger partial charge in [0.2, 0.25) is 0 Å². The summed E-state index contributed by atoms with van der Waals surface area (Å²) in [6.07, 6.45) is 0.685. The third-order valence-corrected chi connectivity index (χ3v) is 8.24. The Kier molecular flexibility index (Phi) is 8.24. The topological polar surface area (TPSA) is 35.5 Å². The van der Waals surface area contributed by atoms with Crippen molar-refractivity contribution in [1.82, 2.24) is 0 Å². The molecule has 39 heavy (non-hydrogen) atoms. The summed E-state index contributed by atoms with van der Waals surface area (Å²) in [5.41, 5.74) is 8.53. The average molecular weight is 533 g/mol. The molecule has 0 radical (unpaired) electrons. The van der Waals surface area contributed by atoms with Gasteiger partial charge >= 0.3 is 5.97 Å². The Morgan fingerprint density at radius 2 is 1.26 bits per heavy atom. The second kappa shape index (κ2) is 12.1. The molecule has 0 unspecified atom stereocenters. The molecule has 5 aromatic rings. The molecule has 1 atom stereocenters. The van der Waals surface area contributed by atoms with Crippen molar-refractivity contribution in [1.29, 1.82) is 0 Å². The predicted octanol–water partition coefficient (Wildman–Crippen LogP) is 8.45. The molecule has 196 valence electrons. The molecule has 0 saturated carbocycles. The Hall–Kier alpha value is -4.15. The van der Waals surface area contributed by atoms with E-state index in [4.69, 9.17) is 9.47 Å². The first-order chi connectivity index (χ1) is 19.0. The number of ether oxygens (including phenoxy) is 2. The van der Waals surface area contributed by atoms with Crippen LogP contribution in [-0.2, 0) is 22.4 Å². The molecule has 1 heterocycles. The molecule has 0 aliphatic carbocycles. The maximum absolute atomic E-state index is 12.4. The summed E-state index contributed by atoms with van der Waals surface area (Å²) in [7, 11) is 1.39. The molecular weight excluding hydrogens is 500 g/mol. The molecule has 5 rings (SSSR count). The molecule has 0 aliphatic heterocycles. The van der Waals surface area contributed by atoms with Crippen molar-refractivity contribution in [3.05, 3.63) is 136 Å². The number of methoxy groups -OCH3 is 1. The van der Waals surface area contributed by atoms with E-state index in [0.29, 0.717) is 12.2 Å². The van der Waals surface area contributed by atoms with Gasteiger partial charge < -0.3 is 9.47 Å². The molecule has 0 fully saturated rings. The Bertz CT molecular complexity index is 1520. The number of thiophene rings is 1. The van der Waals surface area contributed by atoms with Crippen molar-refractivity contribution in [2.45, 2.75) is 32.8 Å². The summed E-state index contributed by atoms with van der Waals surface area (Å²) in [6, 6.07) is 37.2. The molecule has 0 amide bonds. The van der Waals surface area contributed by atoms with Gasteiger partial charge in [0.1, 0.15) is 5.75 Å². The summed E-state index contributed by atoms with van der Waals surface area (Å²) in [4.78, 5) is 15.1. The summed E-state index contributed by atoms with van der Waals surface area (Å²) >= 11 is 1.89. The number of carbonyl (C=O) groups excluding carboxylic acids is 1. The standard InChI is InChI=1S/C35H32O3S/c1-24-25(2)39-33(23-27-12-8-5-9-13-27)34(24)30-16-14-28(15-17-30)29-18-20-31(21-19-29)38-32(35(36)37-3)22-26-10-6-4-7-11-26/h4-21,32H,22-23H2,1-3H3/t32-/m1/s1. The maximum atomic E-state index is 12.4. The largest absolute Gasteiger partial charge is 0.478 e. The zero-order chi connectivity index (χ0) is 27.2. The highest BCUT2D eigenvalue weighted by atomic mass is 32.1. The Balaban J connectivity index is 1.32. The summed E-state index contributed by atoms with van der Waals surface area (Å²) in [5.74, 6) is 0.251. The van der Waals surface area contributed by atoms with Gasteiger partial charge in [-0.15, -0.1) is 11.3 Å². The van der Waals surface area contributed by atoms with Crippen LogP contribution in [-0.4, -0.2) is 19.2 Å². The van der Waals surface area contributed by atoms with Crippen molar-refractivity contribution >= 4 is 17.3 Å². The highest BCUT2D eigenvalue weighted by molar-refractivity contribution is 7.12. The predicted molar refractivity (Wildman–Crippen MR) is 160 cm³/mol. The number of hydrogen-bond donors (Lipinski definition) is 0. The summed E-state index contributed by atoms with van der Waals surface area (Å²) in [5, 5.41) is 0. The van der Waals surface area contributed by atoms with Gasteiger partial charge in [-0.3, -0.25) is 0 Å². The van der Waals surface area contributed by atoms with Crippen LogP contribution in [0.5, 0.6) is 5.75 Å². The zero-order valence-corrected chi connectivity index (χ0v) is 23.3. The minimum absolute atomic E-state index is 0.385. The highest BCUT2D eigenvalue weighted by Crippen LogP contribution is 2.38. The van der Waals surface area contributed by atoms with Gasteiger partial charge in [-0.2, -0.15) is 0 Å². The van der Waals surface area contributed by atoms with Gasteiger partial charge in [0.15, 0.2) is 6.10 Å². The molecule has 0 aliphatic rings. The van der Waals surface area contributed by atoms with E-state index in [0.717, 1.165) is 23.1 Å². The van der Waals surface area contributed by atoms with Crippen LogP contribution >= 0.6 is 11.3 Å². The fourth-order valence-electron chi connectivity index (χ4n) is 4.83. The van der Waals surface area contributed by atoms with Gasteiger partial charge in [-0.1, -0.05) is 97.1 Å². The highest BCUT2D eigenvalue weighted by Gasteiger charge is 2.22. The number of aryl methyl sites for hydroxylation is 1. The molecule has 0 N–H and O–H groups in total. The number of esters is 1. The van der Waals surface area contributed by atoms with Gasteiger partial charge in [0.25, 0.3) is 0 Å². The lowest BCUT2D eigenvalue weighted by Gasteiger charge is -2.17. The van der Waals surface area contributed by atoms with Crippen molar-refractivity contribution in [2.75, 3.05) is 7.11 Å². The van der Waals surface area contributed by atoms with Crippen molar-refractivity contribution in [2.24, 2.45) is 0 Å². The summed E-state index contributed by atoms with van der Waals surface area (Å²) < 4.78 is 11.0. The van der Waals surface area contributed by atoms with Crippen LogP contribution in [0.1, 0.15) is 26.4 Å². The van der Waals surface area contributed by atoms with E-state index in [1.165, 1.54) is 39.1 Å². The monoisotopic (exact) mass is 532 g/mol. The van der Waals surface area contributed by atoms with E-state index >= 15 is 0 Å². The van der Waals surface area contributed by atoms with Crippen LogP contribution in [0, 0.1) is 13.8 Å². The van der Waals surface area contributed by atoms with E-state index in [1.54, 1.807) is 0 Å². The Labute approximate surface area is 234 Å². The van der Waals surface area contributed by atoms with Gasteiger partial charge in [0.05, 0.1) is 7.11 Å². The fraction of sp³-hybridized carbons (Fsp3) is 0.171. The molecule has 3 nitrogen and oxygen atoms in total. The second-order valence-electron chi connectivity index (χ2n) is 9.66. The van der Waals surface area contributed by atoms with Gasteiger partial charge in [-0.05, 0) is 64.9 Å². The quantitative estimate of drug-likeness (QED) is 0.179. The van der Waals surface area contributed by atoms with Crippen molar-refractivity contribution in [3.8, 4) is 28.0 Å². The lowest BCUT2D eigenvalue weighted by molar-refractivity contribution is -0.148. The Morgan fingerprint density at radius 3 is 1.85 bits per heavy atom. The number of carbonyl (C=O) groups is 1. The second-order valence-corrected chi connectivity index (χ2v) is 11.0. The fourth-order valence-corrected chi connectivity index (χ4v) is 6.07. The maximum Gasteiger partial charge on any atom is 0.347 e. The number of benzene rings is 4. The molecular formula is C35H32O3S. The van der Waals surface area contributed by atoms with Crippen molar-refractivity contribution in [3.63, 3.8) is 0 Å². The number of hydrogen-bond acceptors (Lipinski definition) is 4. The minimum atomic E-state index is -0.704. The van der Waals surface area contributed by atoms with Crippen LogP contribution in [0.4, 0.5) is 0 Å². The zero-order valence-electron chi connectivity index (χ0n) is 22.5. The summed E-state index contributed by atoms with van der Waals surface area (Å²) in [6.45, 7) is 4.43. The SMILES string of the molecule is COC(=O)[C@@H](Cc1ccccc1)Oc1ccc(-c2ccc(-c3c(Cc4ccccc4)sc(C)c3C)cc2)cc1. The normalized spacial score (nSPS) is 11.7. The van der Waals surface area contributed by atoms with E-state index in [-0.39, 0.29) is 5.97 Å². The lowest BCUT2D eigenvalue weighted by atomic mass is 9.96. The van der Waals surface area contributed by atoms with Gasteiger partial charge in [-0.25, -0.2) is 4.79 Å². The number of rotatable bonds is 9. The van der Waals surface area contributed by atoms with Crippen LogP contribution in [0.15, 0.2) is 109 Å². The molecule has 4 heteroatoms. The van der Waals surface area contributed by atoms with Crippen LogP contribution in [0.25, 0.3) is 22.3 Å². The van der Waals surface area contributed by atoms with Gasteiger partial charge in [0, 0.05) is 22.6 Å². The van der Waals surface area contributed by atoms with Crippen LogP contribution in [0.3, 0.4) is 0 Å². The van der Waals surface area contributed by atoms with E-state index in [1.807, 2.05) is 65.9 Å². The molecule has 0 spiro atoms. The van der Waals surface area contributed by atoms with Crippen LogP contribution < -0.4 is 4.74 Å². The van der Waals surface area contributed by atoms with E-state index < -0.39 is 6.10 Å². The Morgan fingerprint density at radius 1 is 0.718 bits per heavy atom.